The molecule has 1 saturated heterocycles. The molecule has 1 aliphatic heterocycles. The summed E-state index contributed by atoms with van der Waals surface area (Å²) in [7, 11) is 0. The number of aromatic nitrogens is 1. The molecule has 0 saturated carbocycles. The first-order valence-corrected chi connectivity index (χ1v) is 6.98. The van der Waals surface area contributed by atoms with Crippen molar-refractivity contribution in [2.45, 2.75) is 24.8 Å². The van der Waals surface area contributed by atoms with Gasteiger partial charge in [0, 0.05) is 18.5 Å². The lowest BCUT2D eigenvalue weighted by atomic mass is 9.86. The van der Waals surface area contributed by atoms with E-state index in [-0.39, 0.29) is 17.3 Å². The summed E-state index contributed by atoms with van der Waals surface area (Å²) in [5, 5.41) is 11.6. The summed E-state index contributed by atoms with van der Waals surface area (Å²) in [6, 6.07) is 6.81. The van der Waals surface area contributed by atoms with Gasteiger partial charge in [0.2, 0.25) is 0 Å². The quantitative estimate of drug-likeness (QED) is 0.893. The molecule has 2 atom stereocenters. The van der Waals surface area contributed by atoms with Gasteiger partial charge in [0.1, 0.15) is 11.6 Å². The van der Waals surface area contributed by atoms with E-state index in [1.165, 1.54) is 23.1 Å². The lowest BCUT2D eigenvalue weighted by molar-refractivity contribution is 0.0968. The lowest BCUT2D eigenvalue weighted by Crippen LogP contribution is -2.39. The first-order chi connectivity index (χ1) is 10.5. The van der Waals surface area contributed by atoms with Crippen molar-refractivity contribution in [3.63, 3.8) is 0 Å². The largest absolute Gasteiger partial charge is 0.465 e. The molecular weight excluding hydrogens is 291 g/mol. The van der Waals surface area contributed by atoms with E-state index >= 15 is 0 Å². The molecule has 2 heterocycles. The van der Waals surface area contributed by atoms with Crippen LogP contribution in [0.15, 0.2) is 39.6 Å². The summed E-state index contributed by atoms with van der Waals surface area (Å²) in [6.07, 6.45) is 0.0482. The van der Waals surface area contributed by atoms with Gasteiger partial charge in [0.25, 0.3) is 5.56 Å². The maximum Gasteiger partial charge on any atom is 0.407 e. The number of carbonyl (C=O) groups is 1. The normalized spacial score (nSPS) is 21.8. The molecule has 116 valence electrons. The number of amides is 1. The Kier molecular flexibility index (Phi) is 3.70. The Morgan fingerprint density at radius 3 is 2.68 bits per heavy atom. The highest BCUT2D eigenvalue weighted by atomic mass is 19.1. The van der Waals surface area contributed by atoms with E-state index in [0.29, 0.717) is 25.1 Å². The van der Waals surface area contributed by atoms with Gasteiger partial charge in [-0.2, -0.15) is 5.16 Å². The van der Waals surface area contributed by atoms with Gasteiger partial charge < -0.3 is 14.5 Å². The van der Waals surface area contributed by atoms with Gasteiger partial charge in [-0.1, -0.05) is 12.1 Å². The smallest absolute Gasteiger partial charge is 0.407 e. The van der Waals surface area contributed by atoms with Crippen LogP contribution in [0.1, 0.15) is 36.1 Å². The molecule has 1 aromatic heterocycles. The molecule has 0 bridgehead atoms. The van der Waals surface area contributed by atoms with Gasteiger partial charge in [-0.15, -0.1) is 0 Å². The van der Waals surface area contributed by atoms with Gasteiger partial charge in [-0.05, 0) is 30.5 Å². The fraction of sp³-hybridized carbons (Fsp3) is 0.333. The number of hydrogen-bond acceptors (Lipinski definition) is 3. The molecule has 6 nitrogen and oxygen atoms in total. The number of nitrogens with zero attached hydrogens (tertiary/aromatic N) is 1. The molecular formula is C15H15FN2O4. The standard InChI is InChI=1S/C15H15FN2O4/c16-11-3-1-9(2-4-11)12-7-10(5-6-18(12)15(20)21)13-8-14(19)17-22-13/h1-4,8,10,12H,5-7H2,(H,17,19)(H,20,21). The number of carboxylic acid groups (broad SMARTS) is 1. The molecule has 7 heteroatoms. The highest BCUT2D eigenvalue weighted by Gasteiger charge is 2.34. The number of H-pyrrole nitrogens is 1. The minimum Gasteiger partial charge on any atom is -0.465 e. The van der Waals surface area contributed by atoms with Crippen LogP contribution in [-0.4, -0.2) is 27.8 Å². The monoisotopic (exact) mass is 306 g/mol. The molecule has 1 aliphatic rings. The van der Waals surface area contributed by atoms with E-state index in [9.17, 15) is 19.1 Å². The Morgan fingerprint density at radius 2 is 2.09 bits per heavy atom. The minimum atomic E-state index is -1.01. The second-order valence-electron chi connectivity index (χ2n) is 5.38. The van der Waals surface area contributed by atoms with Crippen LogP contribution >= 0.6 is 0 Å². The second kappa shape index (κ2) is 5.67. The van der Waals surface area contributed by atoms with Crippen molar-refractivity contribution in [1.29, 1.82) is 0 Å². The Labute approximate surface area is 125 Å². The van der Waals surface area contributed by atoms with Crippen LogP contribution in [0.25, 0.3) is 0 Å². The van der Waals surface area contributed by atoms with E-state index in [2.05, 4.69) is 5.16 Å². The number of piperidine rings is 1. The van der Waals surface area contributed by atoms with E-state index in [1.54, 1.807) is 12.1 Å². The number of halogens is 1. The predicted molar refractivity (Wildman–Crippen MR) is 75.2 cm³/mol. The zero-order valence-electron chi connectivity index (χ0n) is 11.7. The van der Waals surface area contributed by atoms with Crippen LogP contribution in [-0.2, 0) is 0 Å². The van der Waals surface area contributed by atoms with Gasteiger partial charge in [0.05, 0.1) is 6.04 Å². The molecule has 1 aromatic carbocycles. The average molecular weight is 306 g/mol. The van der Waals surface area contributed by atoms with Crippen LogP contribution in [0.5, 0.6) is 0 Å². The lowest BCUT2D eigenvalue weighted by Gasteiger charge is -2.37. The molecule has 0 aliphatic carbocycles. The van der Waals surface area contributed by atoms with Crippen molar-refractivity contribution in [3.8, 4) is 0 Å². The topological polar surface area (TPSA) is 86.5 Å². The second-order valence-corrected chi connectivity index (χ2v) is 5.38. The number of rotatable bonds is 2. The van der Waals surface area contributed by atoms with E-state index in [0.717, 1.165) is 5.56 Å². The molecule has 2 N–H and O–H groups in total. The fourth-order valence-corrected chi connectivity index (χ4v) is 2.95. The first kappa shape index (κ1) is 14.4. The zero-order valence-corrected chi connectivity index (χ0v) is 11.7. The van der Waals surface area contributed by atoms with Crippen molar-refractivity contribution in [2.75, 3.05) is 6.54 Å². The summed E-state index contributed by atoms with van der Waals surface area (Å²) in [4.78, 5) is 24.0. The Balaban J connectivity index is 1.89. The van der Waals surface area contributed by atoms with Crippen molar-refractivity contribution >= 4 is 6.09 Å². The van der Waals surface area contributed by atoms with E-state index < -0.39 is 12.1 Å². The van der Waals surface area contributed by atoms with Crippen molar-refractivity contribution < 1.29 is 18.8 Å². The highest BCUT2D eigenvalue weighted by Crippen LogP contribution is 2.39. The van der Waals surface area contributed by atoms with Gasteiger partial charge in [-0.25, -0.2) is 9.18 Å². The fourth-order valence-electron chi connectivity index (χ4n) is 2.95. The summed E-state index contributed by atoms with van der Waals surface area (Å²) >= 11 is 0. The van der Waals surface area contributed by atoms with Gasteiger partial charge >= 0.3 is 6.09 Å². The average Bonchev–Trinajstić information content (AvgIpc) is 2.94. The van der Waals surface area contributed by atoms with Crippen molar-refractivity contribution in [3.05, 3.63) is 57.8 Å². The Hall–Kier alpha value is -2.57. The molecule has 2 unspecified atom stereocenters. The zero-order chi connectivity index (χ0) is 15.7. The van der Waals surface area contributed by atoms with Gasteiger partial charge in [0.15, 0.2) is 0 Å². The SMILES string of the molecule is O=C(O)N1CCC(c2cc(=O)[nH]o2)CC1c1ccc(F)cc1. The van der Waals surface area contributed by atoms with Crippen LogP contribution < -0.4 is 5.56 Å². The maximum atomic E-state index is 13.1. The number of likely N-dealkylation sites (tertiary alicyclic amines) is 1. The molecule has 0 radical (unpaired) electrons. The van der Waals surface area contributed by atoms with E-state index in [1.807, 2.05) is 0 Å². The van der Waals surface area contributed by atoms with Crippen LogP contribution in [0.2, 0.25) is 0 Å². The van der Waals surface area contributed by atoms with Crippen LogP contribution in [0, 0.1) is 5.82 Å². The molecule has 3 rings (SSSR count). The van der Waals surface area contributed by atoms with E-state index in [4.69, 9.17) is 4.52 Å². The third-order valence-electron chi connectivity index (χ3n) is 4.05. The third-order valence-corrected chi connectivity index (χ3v) is 4.05. The minimum absolute atomic E-state index is 0.0513. The first-order valence-electron chi connectivity index (χ1n) is 6.98. The number of benzene rings is 1. The van der Waals surface area contributed by atoms with Crippen molar-refractivity contribution in [1.82, 2.24) is 10.1 Å². The Bertz CT molecular complexity index is 722. The predicted octanol–water partition coefficient (Wildman–Crippen LogP) is 2.71. The molecule has 2 aromatic rings. The highest BCUT2D eigenvalue weighted by molar-refractivity contribution is 5.66. The maximum absolute atomic E-state index is 13.1. The molecule has 0 spiro atoms. The summed E-state index contributed by atoms with van der Waals surface area (Å²) in [6.45, 7) is 0.330. The van der Waals surface area contributed by atoms with Gasteiger partial charge in [-0.3, -0.25) is 4.79 Å². The number of aromatic amines is 1. The summed E-state index contributed by atoms with van der Waals surface area (Å²) < 4.78 is 18.2. The molecule has 22 heavy (non-hydrogen) atoms. The number of hydrogen-bond donors (Lipinski definition) is 2. The number of nitrogens with one attached hydrogen (secondary N) is 1. The molecule has 1 fully saturated rings. The summed E-state index contributed by atoms with van der Waals surface area (Å²) in [5.41, 5.74) is 0.417. The summed E-state index contributed by atoms with van der Waals surface area (Å²) in [5.74, 6) is 0.112. The molecule has 1 amide bonds. The van der Waals surface area contributed by atoms with Crippen LogP contribution in [0.3, 0.4) is 0 Å². The Morgan fingerprint density at radius 1 is 1.36 bits per heavy atom. The van der Waals surface area contributed by atoms with Crippen LogP contribution in [0.4, 0.5) is 9.18 Å². The van der Waals surface area contributed by atoms with Crippen molar-refractivity contribution in [2.24, 2.45) is 0 Å². The third kappa shape index (κ3) is 2.74.